The zero-order valence-corrected chi connectivity index (χ0v) is 19.1. The molecule has 1 amide bonds. The number of nitrogens with one attached hydrogen (secondary N) is 1. The van der Waals surface area contributed by atoms with Crippen molar-refractivity contribution in [2.24, 2.45) is 5.92 Å². The molecule has 1 aromatic carbocycles. The zero-order chi connectivity index (χ0) is 24.1. The van der Waals surface area contributed by atoms with Gasteiger partial charge in [0.05, 0.1) is 5.56 Å². The quantitative estimate of drug-likeness (QED) is 0.503. The first kappa shape index (κ1) is 24.0. The number of benzene rings is 1. The molecule has 4 rings (SSSR count). The van der Waals surface area contributed by atoms with Crippen molar-refractivity contribution in [2.75, 3.05) is 13.1 Å². The molecule has 1 fully saturated rings. The van der Waals surface area contributed by atoms with Gasteiger partial charge in [-0.05, 0) is 53.8 Å². The number of tetrazole rings is 1. The fourth-order valence-electron chi connectivity index (χ4n) is 3.76. The molecule has 0 aliphatic carbocycles. The summed E-state index contributed by atoms with van der Waals surface area (Å²) in [6.45, 7) is 3.35. The Balaban J connectivity index is 1.24. The van der Waals surface area contributed by atoms with Gasteiger partial charge in [0, 0.05) is 36.7 Å². The average molecular weight is 493 g/mol. The molecule has 12 heteroatoms. The van der Waals surface area contributed by atoms with E-state index in [2.05, 4.69) is 32.5 Å². The Morgan fingerprint density at radius 1 is 1.21 bits per heavy atom. The monoisotopic (exact) mass is 492 g/mol. The Bertz CT molecular complexity index is 1070. The van der Waals surface area contributed by atoms with E-state index in [1.807, 2.05) is 0 Å². The standard InChI is InChI=1S/C22H23F3N6O2S/c1-14(34-20-27-29-30-28-20)16-8-10-31(11-9-16)21(32)33-19-6-2-15(3-7-19)12-18-5-4-17(13-26-18)22(23,24)25/h2-7,13-14,16H,8-12H2,1H3,(H,27,28,29,30). The van der Waals surface area contributed by atoms with E-state index in [0.717, 1.165) is 30.7 Å². The van der Waals surface area contributed by atoms with Crippen molar-refractivity contribution in [3.8, 4) is 5.75 Å². The van der Waals surface area contributed by atoms with Crippen molar-refractivity contribution in [1.82, 2.24) is 30.5 Å². The van der Waals surface area contributed by atoms with Gasteiger partial charge in [-0.3, -0.25) is 4.98 Å². The Morgan fingerprint density at radius 3 is 2.53 bits per heavy atom. The summed E-state index contributed by atoms with van der Waals surface area (Å²) in [5, 5.41) is 14.9. The van der Waals surface area contributed by atoms with Crippen LogP contribution in [0.2, 0.25) is 0 Å². The Labute approximate surface area is 198 Å². The van der Waals surface area contributed by atoms with Crippen LogP contribution in [0, 0.1) is 5.92 Å². The van der Waals surface area contributed by atoms with E-state index in [0.29, 0.717) is 47.3 Å². The molecule has 0 spiro atoms. The molecule has 180 valence electrons. The molecule has 1 N–H and O–H groups in total. The van der Waals surface area contributed by atoms with Gasteiger partial charge in [-0.2, -0.15) is 18.4 Å². The second-order valence-corrected chi connectivity index (χ2v) is 9.41. The van der Waals surface area contributed by atoms with Crippen LogP contribution < -0.4 is 4.74 Å². The van der Waals surface area contributed by atoms with Gasteiger partial charge < -0.3 is 9.64 Å². The molecule has 0 saturated carbocycles. The summed E-state index contributed by atoms with van der Waals surface area (Å²) in [7, 11) is 0. The zero-order valence-electron chi connectivity index (χ0n) is 18.3. The third-order valence-electron chi connectivity index (χ3n) is 5.74. The number of carbonyl (C=O) groups is 1. The van der Waals surface area contributed by atoms with E-state index in [4.69, 9.17) is 4.74 Å². The lowest BCUT2D eigenvalue weighted by atomic mass is 9.94. The lowest BCUT2D eigenvalue weighted by Gasteiger charge is -2.33. The van der Waals surface area contributed by atoms with Crippen LogP contribution in [0.15, 0.2) is 47.8 Å². The van der Waals surface area contributed by atoms with Crippen LogP contribution in [0.1, 0.15) is 36.6 Å². The maximum atomic E-state index is 12.7. The first-order valence-electron chi connectivity index (χ1n) is 10.8. The molecule has 1 unspecified atom stereocenters. The summed E-state index contributed by atoms with van der Waals surface area (Å²) < 4.78 is 43.5. The summed E-state index contributed by atoms with van der Waals surface area (Å²) in [6.07, 6.45) is -1.87. The SMILES string of the molecule is CC(Sc1nn[nH]n1)C1CCN(C(=O)Oc2ccc(Cc3ccc(C(F)(F)F)cn3)cc2)CC1. The number of H-pyrrole nitrogens is 1. The van der Waals surface area contributed by atoms with Gasteiger partial charge in [-0.25, -0.2) is 4.79 Å². The van der Waals surface area contributed by atoms with E-state index in [-0.39, 0.29) is 0 Å². The minimum absolute atomic E-state index is 0.308. The van der Waals surface area contributed by atoms with Crippen molar-refractivity contribution in [2.45, 2.75) is 42.8 Å². The third-order valence-corrected chi connectivity index (χ3v) is 6.89. The lowest BCUT2D eigenvalue weighted by Crippen LogP contribution is -2.41. The van der Waals surface area contributed by atoms with Crippen LogP contribution in [-0.4, -0.2) is 54.9 Å². The van der Waals surface area contributed by atoms with Gasteiger partial charge in [0.1, 0.15) is 5.75 Å². The van der Waals surface area contributed by atoms with E-state index in [1.165, 1.54) is 6.07 Å². The molecular formula is C22H23F3N6O2S. The third kappa shape index (κ3) is 6.25. The Kier molecular flexibility index (Phi) is 7.35. The van der Waals surface area contributed by atoms with E-state index >= 15 is 0 Å². The number of hydrogen-bond acceptors (Lipinski definition) is 7. The fourth-order valence-corrected chi connectivity index (χ4v) is 4.74. The van der Waals surface area contributed by atoms with Gasteiger partial charge in [-0.15, -0.1) is 10.2 Å². The van der Waals surface area contributed by atoms with Crippen LogP contribution >= 0.6 is 11.8 Å². The number of alkyl halides is 3. The summed E-state index contributed by atoms with van der Waals surface area (Å²) in [6, 6.07) is 9.27. The molecule has 2 aromatic heterocycles. The van der Waals surface area contributed by atoms with Gasteiger partial charge >= 0.3 is 12.3 Å². The highest BCUT2D eigenvalue weighted by Crippen LogP contribution is 2.32. The van der Waals surface area contributed by atoms with Crippen molar-refractivity contribution in [1.29, 1.82) is 0 Å². The predicted molar refractivity (Wildman–Crippen MR) is 118 cm³/mol. The molecule has 1 aliphatic heterocycles. The number of pyridine rings is 1. The highest BCUT2D eigenvalue weighted by atomic mass is 32.2. The lowest BCUT2D eigenvalue weighted by molar-refractivity contribution is -0.137. The number of carbonyl (C=O) groups excluding carboxylic acids is 1. The Hall–Kier alpha value is -3.15. The van der Waals surface area contributed by atoms with E-state index < -0.39 is 17.8 Å². The summed E-state index contributed by atoms with van der Waals surface area (Å²) in [5.74, 6) is 0.850. The highest BCUT2D eigenvalue weighted by Gasteiger charge is 2.31. The van der Waals surface area contributed by atoms with Crippen LogP contribution in [0.3, 0.4) is 0 Å². The van der Waals surface area contributed by atoms with E-state index in [9.17, 15) is 18.0 Å². The van der Waals surface area contributed by atoms with Crippen LogP contribution in [0.5, 0.6) is 5.75 Å². The van der Waals surface area contributed by atoms with Crippen molar-refractivity contribution < 1.29 is 22.7 Å². The van der Waals surface area contributed by atoms with Gasteiger partial charge in [-0.1, -0.05) is 30.8 Å². The molecule has 34 heavy (non-hydrogen) atoms. The maximum absolute atomic E-state index is 12.7. The van der Waals surface area contributed by atoms with Crippen molar-refractivity contribution in [3.05, 3.63) is 59.4 Å². The predicted octanol–water partition coefficient (Wildman–Crippen LogP) is 4.60. The largest absolute Gasteiger partial charge is 0.417 e. The molecular weight excluding hydrogens is 469 g/mol. The number of ether oxygens (including phenoxy) is 1. The molecule has 1 atom stereocenters. The number of aromatic amines is 1. The molecule has 3 aromatic rings. The van der Waals surface area contributed by atoms with Gasteiger partial charge in [0.15, 0.2) is 0 Å². The van der Waals surface area contributed by atoms with Crippen LogP contribution in [-0.2, 0) is 12.6 Å². The molecule has 1 aliphatic rings. The minimum Gasteiger partial charge on any atom is -0.410 e. The number of halogens is 3. The average Bonchev–Trinajstić information content (AvgIpc) is 3.33. The number of amides is 1. The minimum atomic E-state index is -4.40. The number of nitrogens with zero attached hydrogens (tertiary/aromatic N) is 5. The summed E-state index contributed by atoms with van der Waals surface area (Å²) in [4.78, 5) is 18.1. The Morgan fingerprint density at radius 2 is 1.94 bits per heavy atom. The molecule has 0 radical (unpaired) electrons. The normalized spacial score (nSPS) is 15.8. The number of aromatic nitrogens is 5. The summed E-state index contributed by atoms with van der Waals surface area (Å²) >= 11 is 1.57. The molecule has 1 saturated heterocycles. The van der Waals surface area contributed by atoms with Crippen molar-refractivity contribution in [3.63, 3.8) is 0 Å². The second-order valence-electron chi connectivity index (χ2n) is 8.07. The topological polar surface area (TPSA) is 96.9 Å². The van der Waals surface area contributed by atoms with Crippen molar-refractivity contribution >= 4 is 17.9 Å². The van der Waals surface area contributed by atoms with Gasteiger partial charge in [0.25, 0.3) is 0 Å². The van der Waals surface area contributed by atoms with Crippen LogP contribution in [0.25, 0.3) is 0 Å². The fraction of sp³-hybridized carbons (Fsp3) is 0.409. The maximum Gasteiger partial charge on any atom is 0.417 e. The van der Waals surface area contributed by atoms with E-state index in [1.54, 1.807) is 40.9 Å². The smallest absolute Gasteiger partial charge is 0.410 e. The molecule has 8 nitrogen and oxygen atoms in total. The summed E-state index contributed by atoms with van der Waals surface area (Å²) in [5.41, 5.74) is 0.594. The number of thioether (sulfide) groups is 1. The molecule has 3 heterocycles. The number of piperidine rings is 1. The first-order valence-corrected chi connectivity index (χ1v) is 11.6. The number of likely N-dealkylation sites (tertiary alicyclic amines) is 1. The number of hydrogen-bond donors (Lipinski definition) is 1. The van der Waals surface area contributed by atoms with Gasteiger partial charge in [0.2, 0.25) is 5.16 Å². The first-order chi connectivity index (χ1) is 16.3. The van der Waals surface area contributed by atoms with Crippen LogP contribution in [0.4, 0.5) is 18.0 Å². The second kappa shape index (κ2) is 10.4. The molecule has 0 bridgehead atoms. The highest BCUT2D eigenvalue weighted by molar-refractivity contribution is 7.99. The number of rotatable bonds is 6.